The first-order valence-electron chi connectivity index (χ1n) is 10.7. The number of amides is 1. The van der Waals surface area contributed by atoms with Crippen LogP contribution in [0, 0.1) is 5.41 Å². The molecule has 3 heterocycles. The van der Waals surface area contributed by atoms with Crippen LogP contribution in [0.3, 0.4) is 0 Å². The zero-order valence-corrected chi connectivity index (χ0v) is 18.2. The number of sulfone groups is 1. The quantitative estimate of drug-likeness (QED) is 0.687. The van der Waals surface area contributed by atoms with Gasteiger partial charge in [0.2, 0.25) is 5.91 Å². The molecule has 31 heavy (non-hydrogen) atoms. The molecule has 0 aromatic heterocycles. The number of piperazine rings is 1. The van der Waals surface area contributed by atoms with Gasteiger partial charge in [-0.25, -0.2) is 8.42 Å². The van der Waals surface area contributed by atoms with Gasteiger partial charge in [-0.15, -0.1) is 0 Å². The molecular formula is C21H28F3N3O3S. The molecule has 4 rings (SSSR count). The molecule has 1 amide bonds. The number of hydrogen-bond donors (Lipinski definition) is 0. The van der Waals surface area contributed by atoms with Gasteiger partial charge in [0.15, 0.2) is 15.3 Å². The maximum absolute atomic E-state index is 14.2. The molecule has 0 N–H and O–H groups in total. The summed E-state index contributed by atoms with van der Waals surface area (Å²) in [4.78, 5) is 18.2. The number of carbonyl (C=O) groups is 1. The second-order valence-electron chi connectivity index (χ2n) is 8.91. The number of halogens is 3. The highest BCUT2D eigenvalue weighted by Gasteiger charge is 2.64. The van der Waals surface area contributed by atoms with Crippen molar-refractivity contribution in [2.75, 3.05) is 50.8 Å². The first kappa shape index (κ1) is 22.5. The van der Waals surface area contributed by atoms with Crippen molar-refractivity contribution in [3.63, 3.8) is 0 Å². The highest BCUT2D eigenvalue weighted by atomic mass is 32.2. The van der Waals surface area contributed by atoms with Crippen molar-refractivity contribution in [3.8, 4) is 0 Å². The zero-order chi connectivity index (χ0) is 22.3. The molecular weight excluding hydrogens is 431 g/mol. The fraction of sp³-hybridized carbons (Fsp3) is 0.667. The normalized spacial score (nSPS) is 30.0. The lowest BCUT2D eigenvalue weighted by atomic mass is 9.84. The van der Waals surface area contributed by atoms with E-state index in [1.807, 2.05) is 35.2 Å². The van der Waals surface area contributed by atoms with Crippen LogP contribution in [0.15, 0.2) is 30.3 Å². The Hall–Kier alpha value is -1.65. The molecule has 0 radical (unpaired) electrons. The maximum Gasteiger partial charge on any atom is 0.404 e. The van der Waals surface area contributed by atoms with E-state index in [4.69, 9.17) is 0 Å². The number of carbonyl (C=O) groups excluding carboxylic acids is 1. The molecule has 2 atom stereocenters. The molecule has 3 saturated heterocycles. The molecule has 10 heteroatoms. The van der Waals surface area contributed by atoms with Crippen molar-refractivity contribution >= 4 is 15.7 Å². The predicted molar refractivity (Wildman–Crippen MR) is 110 cm³/mol. The standard InChI is InChI=1S/C21H28F3N3O3S/c22-21(23,24)20(7-8-25(16-20)14-17-4-2-1-3-5-17)19(28)27-11-9-26(10-12-27)18-6-13-31(29,30)15-18/h1-5,18H,6-16H2. The minimum Gasteiger partial charge on any atom is -0.339 e. The molecule has 1 aromatic rings. The third kappa shape index (κ3) is 4.61. The highest BCUT2D eigenvalue weighted by Crippen LogP contribution is 2.47. The molecule has 1 aromatic carbocycles. The number of benzene rings is 1. The predicted octanol–water partition coefficient (Wildman–Crippen LogP) is 1.77. The lowest BCUT2D eigenvalue weighted by Crippen LogP contribution is -2.59. The summed E-state index contributed by atoms with van der Waals surface area (Å²) in [6.07, 6.45) is -4.30. The van der Waals surface area contributed by atoms with E-state index in [9.17, 15) is 26.4 Å². The Balaban J connectivity index is 1.41. The summed E-state index contributed by atoms with van der Waals surface area (Å²) in [7, 11) is -3.03. The summed E-state index contributed by atoms with van der Waals surface area (Å²) in [6.45, 7) is 1.50. The average molecular weight is 460 g/mol. The summed E-state index contributed by atoms with van der Waals surface area (Å²) in [6, 6.07) is 9.21. The second-order valence-corrected chi connectivity index (χ2v) is 11.1. The van der Waals surface area contributed by atoms with Gasteiger partial charge in [-0.1, -0.05) is 30.3 Å². The Morgan fingerprint density at radius 1 is 1.06 bits per heavy atom. The van der Waals surface area contributed by atoms with Gasteiger partial charge >= 0.3 is 6.18 Å². The van der Waals surface area contributed by atoms with Gasteiger partial charge in [0.05, 0.1) is 11.5 Å². The van der Waals surface area contributed by atoms with Gasteiger partial charge < -0.3 is 4.90 Å². The Kier molecular flexibility index (Phi) is 6.08. The third-order valence-electron chi connectivity index (χ3n) is 6.88. The van der Waals surface area contributed by atoms with Gasteiger partial charge in [-0.2, -0.15) is 13.2 Å². The molecule has 3 aliphatic rings. The number of likely N-dealkylation sites (tertiary alicyclic amines) is 1. The van der Waals surface area contributed by atoms with E-state index >= 15 is 0 Å². The van der Waals surface area contributed by atoms with Crippen LogP contribution in [0.25, 0.3) is 0 Å². The van der Waals surface area contributed by atoms with Crippen LogP contribution in [0.1, 0.15) is 18.4 Å². The lowest BCUT2D eigenvalue weighted by Gasteiger charge is -2.41. The Bertz CT molecular complexity index is 901. The molecule has 0 saturated carbocycles. The van der Waals surface area contributed by atoms with E-state index in [-0.39, 0.29) is 50.1 Å². The summed E-state index contributed by atoms with van der Waals surface area (Å²) >= 11 is 0. The zero-order valence-electron chi connectivity index (χ0n) is 17.4. The average Bonchev–Trinajstić information content (AvgIpc) is 3.32. The Morgan fingerprint density at radius 3 is 2.32 bits per heavy atom. The second kappa shape index (κ2) is 8.37. The first-order chi connectivity index (χ1) is 14.6. The van der Waals surface area contributed by atoms with E-state index in [1.165, 1.54) is 4.90 Å². The van der Waals surface area contributed by atoms with E-state index < -0.39 is 27.3 Å². The summed E-state index contributed by atoms with van der Waals surface area (Å²) < 4.78 is 66.0. The van der Waals surface area contributed by atoms with Gasteiger partial charge in [0, 0.05) is 45.3 Å². The van der Waals surface area contributed by atoms with Crippen molar-refractivity contribution in [2.45, 2.75) is 31.6 Å². The molecule has 0 spiro atoms. The largest absolute Gasteiger partial charge is 0.404 e. The highest BCUT2D eigenvalue weighted by molar-refractivity contribution is 7.91. The van der Waals surface area contributed by atoms with Gasteiger partial charge in [0.25, 0.3) is 0 Å². The smallest absolute Gasteiger partial charge is 0.339 e. The number of nitrogens with zero attached hydrogens (tertiary/aromatic N) is 3. The number of alkyl halides is 3. The van der Waals surface area contributed by atoms with Crippen LogP contribution < -0.4 is 0 Å². The van der Waals surface area contributed by atoms with Gasteiger partial charge in [0.1, 0.15) is 0 Å². The van der Waals surface area contributed by atoms with Crippen molar-refractivity contribution in [3.05, 3.63) is 35.9 Å². The minimum atomic E-state index is -4.62. The van der Waals surface area contributed by atoms with Crippen LogP contribution in [0.2, 0.25) is 0 Å². The molecule has 172 valence electrons. The van der Waals surface area contributed by atoms with Crippen molar-refractivity contribution in [2.24, 2.45) is 5.41 Å². The molecule has 0 aliphatic carbocycles. The van der Waals surface area contributed by atoms with E-state index in [2.05, 4.69) is 0 Å². The molecule has 6 nitrogen and oxygen atoms in total. The van der Waals surface area contributed by atoms with Crippen LogP contribution in [0.4, 0.5) is 13.2 Å². The maximum atomic E-state index is 14.2. The fourth-order valence-electron chi connectivity index (χ4n) is 5.05. The number of hydrogen-bond acceptors (Lipinski definition) is 5. The Morgan fingerprint density at radius 2 is 1.74 bits per heavy atom. The Labute approximate surface area is 180 Å². The first-order valence-corrected chi connectivity index (χ1v) is 12.5. The van der Waals surface area contributed by atoms with E-state index in [0.717, 1.165) is 5.56 Å². The van der Waals surface area contributed by atoms with E-state index in [1.54, 1.807) is 4.90 Å². The molecule has 0 bridgehead atoms. The topological polar surface area (TPSA) is 60.9 Å². The SMILES string of the molecule is O=C(N1CCN(C2CCS(=O)(=O)C2)CC1)C1(C(F)(F)F)CCN(Cc2ccccc2)C1. The van der Waals surface area contributed by atoms with Crippen LogP contribution in [-0.4, -0.2) is 92.0 Å². The summed E-state index contributed by atoms with van der Waals surface area (Å²) in [5, 5.41) is 0. The summed E-state index contributed by atoms with van der Waals surface area (Å²) in [5.41, 5.74) is -1.45. The van der Waals surface area contributed by atoms with Crippen molar-refractivity contribution in [1.29, 1.82) is 0 Å². The molecule has 3 aliphatic heterocycles. The minimum absolute atomic E-state index is 0.0910. The fourth-order valence-corrected chi connectivity index (χ4v) is 6.81. The summed E-state index contributed by atoms with van der Waals surface area (Å²) in [5.74, 6) is -0.582. The van der Waals surface area contributed by atoms with E-state index in [0.29, 0.717) is 26.1 Å². The van der Waals surface area contributed by atoms with Crippen LogP contribution in [-0.2, 0) is 21.2 Å². The number of rotatable bonds is 4. The van der Waals surface area contributed by atoms with Gasteiger partial charge in [-0.05, 0) is 24.9 Å². The van der Waals surface area contributed by atoms with Crippen LogP contribution in [0.5, 0.6) is 0 Å². The molecule has 3 fully saturated rings. The van der Waals surface area contributed by atoms with Gasteiger partial charge in [-0.3, -0.25) is 14.6 Å². The van der Waals surface area contributed by atoms with Crippen molar-refractivity contribution in [1.82, 2.24) is 14.7 Å². The van der Waals surface area contributed by atoms with Crippen LogP contribution >= 0.6 is 0 Å². The van der Waals surface area contributed by atoms with Crippen molar-refractivity contribution < 1.29 is 26.4 Å². The molecule has 2 unspecified atom stereocenters. The third-order valence-corrected chi connectivity index (χ3v) is 8.63. The lowest BCUT2D eigenvalue weighted by molar-refractivity contribution is -0.224. The monoisotopic (exact) mass is 459 g/mol.